The van der Waals surface area contributed by atoms with Gasteiger partial charge in [-0.05, 0) is 6.42 Å². The van der Waals surface area contributed by atoms with E-state index in [1.165, 1.54) is 12.7 Å². The highest BCUT2D eigenvalue weighted by Crippen LogP contribution is 2.38. The first-order valence-electron chi connectivity index (χ1n) is 5.99. The number of aliphatic hydroxyl groups is 2. The zero-order valence-electron chi connectivity index (χ0n) is 10.0. The van der Waals surface area contributed by atoms with Crippen LogP contribution in [0.2, 0.25) is 0 Å². The summed E-state index contributed by atoms with van der Waals surface area (Å²) < 4.78 is 15.7. The molecule has 1 aliphatic rings. The van der Waals surface area contributed by atoms with Crippen LogP contribution in [0, 0.1) is 5.92 Å². The molecule has 0 saturated heterocycles. The molecule has 4 N–H and O–H groups in total. The van der Waals surface area contributed by atoms with Crippen molar-refractivity contribution in [3.63, 3.8) is 0 Å². The number of nitrogens with zero attached hydrogens (tertiary/aromatic N) is 4. The maximum absolute atomic E-state index is 14.1. The lowest BCUT2D eigenvalue weighted by molar-refractivity contribution is 0.0400. The van der Waals surface area contributed by atoms with Crippen LogP contribution in [0.15, 0.2) is 12.7 Å². The number of anilines is 1. The van der Waals surface area contributed by atoms with Gasteiger partial charge in [-0.1, -0.05) is 0 Å². The van der Waals surface area contributed by atoms with E-state index in [4.69, 9.17) is 10.8 Å². The van der Waals surface area contributed by atoms with Crippen molar-refractivity contribution >= 4 is 17.0 Å². The van der Waals surface area contributed by atoms with Gasteiger partial charge in [-0.15, -0.1) is 0 Å². The molecule has 2 heterocycles. The Morgan fingerprint density at radius 1 is 1.42 bits per heavy atom. The molecule has 19 heavy (non-hydrogen) atoms. The van der Waals surface area contributed by atoms with Crippen LogP contribution in [0.4, 0.5) is 10.2 Å². The number of nitrogen functional groups attached to an aromatic ring is 1. The summed E-state index contributed by atoms with van der Waals surface area (Å²) in [6, 6.07) is -0.605. The molecule has 1 aliphatic carbocycles. The number of alkyl halides is 1. The van der Waals surface area contributed by atoms with E-state index in [0.717, 1.165) is 0 Å². The van der Waals surface area contributed by atoms with Crippen molar-refractivity contribution in [2.45, 2.75) is 24.7 Å². The van der Waals surface area contributed by atoms with Crippen LogP contribution in [0.5, 0.6) is 0 Å². The van der Waals surface area contributed by atoms with Crippen molar-refractivity contribution < 1.29 is 14.6 Å². The Morgan fingerprint density at radius 3 is 2.89 bits per heavy atom. The molecule has 8 heteroatoms. The minimum atomic E-state index is -1.47. The highest BCUT2D eigenvalue weighted by Gasteiger charge is 2.44. The molecule has 0 amide bonds. The van der Waals surface area contributed by atoms with Crippen LogP contribution < -0.4 is 5.73 Å². The van der Waals surface area contributed by atoms with Gasteiger partial charge in [0.15, 0.2) is 11.5 Å². The molecule has 4 atom stereocenters. The predicted octanol–water partition coefficient (Wildman–Crippen LogP) is -0.339. The van der Waals surface area contributed by atoms with Gasteiger partial charge in [0.2, 0.25) is 0 Å². The van der Waals surface area contributed by atoms with Crippen LogP contribution in [0.25, 0.3) is 11.2 Å². The molecule has 0 bridgehead atoms. The van der Waals surface area contributed by atoms with Gasteiger partial charge in [0.25, 0.3) is 0 Å². The third-order valence-electron chi connectivity index (χ3n) is 3.70. The molecule has 3 rings (SSSR count). The third-order valence-corrected chi connectivity index (χ3v) is 3.70. The molecule has 0 aliphatic heterocycles. The maximum Gasteiger partial charge on any atom is 0.165 e. The second kappa shape index (κ2) is 4.39. The number of hydrogen-bond donors (Lipinski definition) is 3. The number of aromatic nitrogens is 4. The highest BCUT2D eigenvalue weighted by molar-refractivity contribution is 5.81. The van der Waals surface area contributed by atoms with Gasteiger partial charge in [0.05, 0.1) is 18.5 Å². The van der Waals surface area contributed by atoms with Gasteiger partial charge < -0.3 is 20.5 Å². The van der Waals surface area contributed by atoms with E-state index in [2.05, 4.69) is 15.0 Å². The van der Waals surface area contributed by atoms with Gasteiger partial charge in [-0.25, -0.2) is 19.3 Å². The Hall–Kier alpha value is -1.80. The fourth-order valence-corrected chi connectivity index (χ4v) is 2.63. The summed E-state index contributed by atoms with van der Waals surface area (Å²) in [6.07, 6.45) is 0.420. The molecule has 0 radical (unpaired) electrons. The minimum Gasteiger partial charge on any atom is -0.396 e. The average Bonchev–Trinajstić information content (AvgIpc) is 2.94. The van der Waals surface area contributed by atoms with Crippen LogP contribution in [0.3, 0.4) is 0 Å². The van der Waals surface area contributed by atoms with E-state index in [9.17, 15) is 9.50 Å². The molecule has 102 valence electrons. The van der Waals surface area contributed by atoms with Crippen molar-refractivity contribution in [2.75, 3.05) is 12.3 Å². The quantitative estimate of drug-likeness (QED) is 0.686. The first-order chi connectivity index (χ1) is 9.13. The fourth-order valence-electron chi connectivity index (χ4n) is 2.63. The van der Waals surface area contributed by atoms with Gasteiger partial charge in [0.1, 0.15) is 18.0 Å². The molecule has 2 aromatic rings. The fraction of sp³-hybridized carbons (Fsp3) is 0.545. The number of fused-ring (bicyclic) bond motifs is 1. The predicted molar refractivity (Wildman–Crippen MR) is 64.9 cm³/mol. The zero-order chi connectivity index (χ0) is 13.6. The molecule has 1 fully saturated rings. The van der Waals surface area contributed by atoms with Gasteiger partial charge >= 0.3 is 0 Å². The Labute approximate surface area is 107 Å². The van der Waals surface area contributed by atoms with Crippen LogP contribution >= 0.6 is 0 Å². The molecule has 7 nitrogen and oxygen atoms in total. The Kier molecular flexibility index (Phi) is 2.83. The van der Waals surface area contributed by atoms with Gasteiger partial charge in [-0.3, -0.25) is 0 Å². The summed E-state index contributed by atoms with van der Waals surface area (Å²) in [5, 5.41) is 18.9. The smallest absolute Gasteiger partial charge is 0.165 e. The first-order valence-corrected chi connectivity index (χ1v) is 5.99. The third kappa shape index (κ3) is 1.75. The second-order valence-electron chi connectivity index (χ2n) is 4.76. The number of aliphatic hydroxyl groups excluding tert-OH is 2. The van der Waals surface area contributed by atoms with Crippen molar-refractivity contribution in [2.24, 2.45) is 5.92 Å². The molecule has 0 aromatic carbocycles. The number of nitrogens with two attached hydrogens (primary N) is 1. The van der Waals surface area contributed by atoms with E-state index in [1.54, 1.807) is 4.57 Å². The summed E-state index contributed by atoms with van der Waals surface area (Å²) in [5.74, 6) is -0.243. The van der Waals surface area contributed by atoms with Crippen LogP contribution in [0.1, 0.15) is 12.5 Å². The SMILES string of the molecule is Nc1ncnc2c1ncn2[C@@H]1C[C@@H](CO)[C@H](O)[C@H]1F. The van der Waals surface area contributed by atoms with Crippen molar-refractivity contribution in [1.29, 1.82) is 0 Å². The van der Waals surface area contributed by atoms with E-state index in [1.807, 2.05) is 0 Å². The van der Waals surface area contributed by atoms with Crippen molar-refractivity contribution in [3.05, 3.63) is 12.7 Å². The van der Waals surface area contributed by atoms with Crippen molar-refractivity contribution in [1.82, 2.24) is 19.5 Å². The lowest BCUT2D eigenvalue weighted by Gasteiger charge is -2.16. The normalized spacial score (nSPS) is 31.1. The van der Waals surface area contributed by atoms with E-state index in [0.29, 0.717) is 17.6 Å². The van der Waals surface area contributed by atoms with E-state index >= 15 is 0 Å². The maximum atomic E-state index is 14.1. The number of hydrogen-bond acceptors (Lipinski definition) is 6. The van der Waals surface area contributed by atoms with Crippen LogP contribution in [-0.4, -0.2) is 48.6 Å². The largest absolute Gasteiger partial charge is 0.396 e. The second-order valence-corrected chi connectivity index (χ2v) is 4.76. The topological polar surface area (TPSA) is 110 Å². The number of halogens is 1. The molecule has 2 aromatic heterocycles. The molecule has 1 saturated carbocycles. The van der Waals surface area contributed by atoms with Crippen LogP contribution in [-0.2, 0) is 0 Å². The minimum absolute atomic E-state index is 0.233. The Morgan fingerprint density at radius 2 is 2.21 bits per heavy atom. The standard InChI is InChI=1S/C11H14FN5O2/c12-7-6(1-5(2-18)9(7)19)17-4-16-8-10(13)14-3-15-11(8)17/h3-7,9,18-19H,1-2H2,(H2,13,14,15)/t5-,6+,7-,9-/m0/s1. The average molecular weight is 267 g/mol. The van der Waals surface area contributed by atoms with E-state index in [-0.39, 0.29) is 12.4 Å². The lowest BCUT2D eigenvalue weighted by Crippen LogP contribution is -2.26. The summed E-state index contributed by atoms with van der Waals surface area (Å²) in [7, 11) is 0. The molecule has 0 unspecified atom stereocenters. The first kappa shape index (κ1) is 12.2. The van der Waals surface area contributed by atoms with Gasteiger partial charge in [-0.2, -0.15) is 0 Å². The summed E-state index contributed by atoms with van der Waals surface area (Å²) >= 11 is 0. The monoisotopic (exact) mass is 267 g/mol. The van der Waals surface area contributed by atoms with E-state index < -0.39 is 24.2 Å². The zero-order valence-corrected chi connectivity index (χ0v) is 10.0. The summed E-state index contributed by atoms with van der Waals surface area (Å²) in [4.78, 5) is 12.0. The number of rotatable bonds is 2. The van der Waals surface area contributed by atoms with Gasteiger partial charge in [0, 0.05) is 12.5 Å². The number of imidazole rings is 1. The summed E-state index contributed by atoms with van der Waals surface area (Å²) in [5.41, 5.74) is 6.52. The molecular formula is C11H14FN5O2. The van der Waals surface area contributed by atoms with Crippen molar-refractivity contribution in [3.8, 4) is 0 Å². The molecular weight excluding hydrogens is 253 g/mol. The lowest BCUT2D eigenvalue weighted by atomic mass is 10.1. The molecule has 0 spiro atoms. The Bertz CT molecular complexity index is 604. The highest BCUT2D eigenvalue weighted by atomic mass is 19.1. The summed E-state index contributed by atoms with van der Waals surface area (Å²) in [6.45, 7) is -0.248. The Balaban J connectivity index is 2.04.